The van der Waals surface area contributed by atoms with Crippen molar-refractivity contribution in [1.29, 1.82) is 0 Å². The Morgan fingerprint density at radius 3 is 3.04 bits per heavy atom. The molecule has 0 spiro atoms. The molecular formula is C16H21ClN4O2. The van der Waals surface area contributed by atoms with Crippen molar-refractivity contribution >= 4 is 24.0 Å². The number of carbonyl (C=O) groups is 1. The molecular weight excluding hydrogens is 316 g/mol. The van der Waals surface area contributed by atoms with Crippen LogP contribution in [0, 0.1) is 0 Å². The Labute approximate surface area is 141 Å². The summed E-state index contributed by atoms with van der Waals surface area (Å²) in [7, 11) is 1.60. The summed E-state index contributed by atoms with van der Waals surface area (Å²) in [5.41, 5.74) is 1.12. The van der Waals surface area contributed by atoms with Crippen LogP contribution in [0.3, 0.4) is 0 Å². The number of piperidine rings is 1. The molecule has 6 nitrogen and oxygen atoms in total. The minimum atomic E-state index is -0.212. The van der Waals surface area contributed by atoms with Gasteiger partial charge in [0.25, 0.3) is 5.91 Å². The zero-order chi connectivity index (χ0) is 15.4. The lowest BCUT2D eigenvalue weighted by Gasteiger charge is -2.22. The smallest absolute Gasteiger partial charge is 0.276 e. The molecule has 7 heteroatoms. The van der Waals surface area contributed by atoms with Gasteiger partial charge in [-0.05, 0) is 37.6 Å². The summed E-state index contributed by atoms with van der Waals surface area (Å²) in [6.07, 6.45) is 4.10. The predicted molar refractivity (Wildman–Crippen MR) is 91.6 cm³/mol. The summed E-state index contributed by atoms with van der Waals surface area (Å²) in [5, 5.41) is 10.6. The lowest BCUT2D eigenvalue weighted by molar-refractivity contribution is 0.102. The molecule has 2 aromatic rings. The molecule has 2 heterocycles. The van der Waals surface area contributed by atoms with Crippen molar-refractivity contribution in [2.24, 2.45) is 0 Å². The third-order valence-electron chi connectivity index (χ3n) is 3.81. The summed E-state index contributed by atoms with van der Waals surface area (Å²) >= 11 is 0. The average Bonchev–Trinajstić information content (AvgIpc) is 3.06. The highest BCUT2D eigenvalue weighted by molar-refractivity contribution is 6.02. The maximum Gasteiger partial charge on any atom is 0.276 e. The summed E-state index contributed by atoms with van der Waals surface area (Å²) < 4.78 is 7.03. The van der Waals surface area contributed by atoms with Crippen LogP contribution in [-0.4, -0.2) is 35.9 Å². The van der Waals surface area contributed by atoms with E-state index in [-0.39, 0.29) is 18.3 Å². The minimum absolute atomic E-state index is 0. The standard InChI is InChI=1S/C16H20N4O2.ClH/c1-22-14-6-2-4-12(10-14)18-16(21)15-7-9-20(19-15)13-5-3-8-17-11-13;/h2,4,6-7,9-10,13,17H,3,5,8,11H2,1H3,(H,18,21);1H. The number of halogens is 1. The van der Waals surface area contributed by atoms with Crippen LogP contribution in [-0.2, 0) is 0 Å². The molecule has 1 unspecified atom stereocenters. The zero-order valence-corrected chi connectivity index (χ0v) is 13.8. The monoisotopic (exact) mass is 336 g/mol. The molecule has 1 aliphatic heterocycles. The molecule has 1 atom stereocenters. The van der Waals surface area contributed by atoms with Gasteiger partial charge in [0.15, 0.2) is 5.69 Å². The first kappa shape index (κ1) is 17.3. The van der Waals surface area contributed by atoms with Gasteiger partial charge in [-0.3, -0.25) is 9.48 Å². The molecule has 2 N–H and O–H groups in total. The normalized spacial score (nSPS) is 17.2. The third kappa shape index (κ3) is 4.24. The van der Waals surface area contributed by atoms with Crippen LogP contribution in [0.5, 0.6) is 5.75 Å². The van der Waals surface area contributed by atoms with Crippen molar-refractivity contribution in [3.63, 3.8) is 0 Å². The maximum absolute atomic E-state index is 12.3. The first-order chi connectivity index (χ1) is 10.8. The minimum Gasteiger partial charge on any atom is -0.497 e. The molecule has 0 aliphatic carbocycles. The van der Waals surface area contributed by atoms with E-state index >= 15 is 0 Å². The van der Waals surface area contributed by atoms with Crippen LogP contribution in [0.1, 0.15) is 29.4 Å². The van der Waals surface area contributed by atoms with E-state index in [9.17, 15) is 4.79 Å². The van der Waals surface area contributed by atoms with Crippen molar-refractivity contribution < 1.29 is 9.53 Å². The Kier molecular flexibility index (Phi) is 6.01. The second-order valence-corrected chi connectivity index (χ2v) is 5.37. The van der Waals surface area contributed by atoms with Gasteiger partial charge in [-0.25, -0.2) is 0 Å². The maximum atomic E-state index is 12.3. The molecule has 124 valence electrons. The van der Waals surface area contributed by atoms with Crippen molar-refractivity contribution in [3.8, 4) is 5.75 Å². The van der Waals surface area contributed by atoms with Gasteiger partial charge < -0.3 is 15.4 Å². The highest BCUT2D eigenvalue weighted by atomic mass is 35.5. The summed E-state index contributed by atoms with van der Waals surface area (Å²) in [5.74, 6) is 0.493. The van der Waals surface area contributed by atoms with Crippen LogP contribution in [0.4, 0.5) is 5.69 Å². The Balaban J connectivity index is 0.00000192. The number of hydrogen-bond acceptors (Lipinski definition) is 4. The van der Waals surface area contributed by atoms with Gasteiger partial charge in [0.2, 0.25) is 0 Å². The number of ether oxygens (including phenoxy) is 1. The average molecular weight is 337 g/mol. The van der Waals surface area contributed by atoms with E-state index in [0.29, 0.717) is 23.2 Å². The lowest BCUT2D eigenvalue weighted by Crippen LogP contribution is -2.32. The van der Waals surface area contributed by atoms with E-state index < -0.39 is 0 Å². The van der Waals surface area contributed by atoms with Crippen LogP contribution in [0.15, 0.2) is 36.5 Å². The van der Waals surface area contributed by atoms with Crippen molar-refractivity contribution in [2.75, 3.05) is 25.5 Å². The van der Waals surface area contributed by atoms with E-state index in [0.717, 1.165) is 25.9 Å². The number of nitrogens with one attached hydrogen (secondary N) is 2. The molecule has 3 rings (SSSR count). The number of benzene rings is 1. The molecule has 1 saturated heterocycles. The Bertz CT molecular complexity index is 653. The highest BCUT2D eigenvalue weighted by Gasteiger charge is 2.17. The first-order valence-electron chi connectivity index (χ1n) is 7.47. The lowest BCUT2D eigenvalue weighted by atomic mass is 10.1. The van der Waals surface area contributed by atoms with Crippen molar-refractivity contribution in [3.05, 3.63) is 42.2 Å². The zero-order valence-electron chi connectivity index (χ0n) is 13.0. The molecule has 23 heavy (non-hydrogen) atoms. The molecule has 0 radical (unpaired) electrons. The van der Waals surface area contributed by atoms with Gasteiger partial charge in [0.05, 0.1) is 13.2 Å². The summed E-state index contributed by atoms with van der Waals surface area (Å²) in [6.45, 7) is 1.96. The van der Waals surface area contributed by atoms with Gasteiger partial charge in [-0.1, -0.05) is 6.07 Å². The predicted octanol–water partition coefficient (Wildman–Crippen LogP) is 2.49. The fraction of sp³-hybridized carbons (Fsp3) is 0.375. The molecule has 1 aliphatic rings. The van der Waals surface area contributed by atoms with Gasteiger partial charge >= 0.3 is 0 Å². The third-order valence-corrected chi connectivity index (χ3v) is 3.81. The van der Waals surface area contributed by atoms with Gasteiger partial charge in [0.1, 0.15) is 5.75 Å². The van der Waals surface area contributed by atoms with E-state index in [1.54, 1.807) is 19.2 Å². The number of anilines is 1. The molecule has 0 saturated carbocycles. The fourth-order valence-corrected chi connectivity index (χ4v) is 2.62. The number of carbonyl (C=O) groups excluding carboxylic acids is 1. The Morgan fingerprint density at radius 1 is 1.43 bits per heavy atom. The Morgan fingerprint density at radius 2 is 2.30 bits per heavy atom. The molecule has 0 bridgehead atoms. The Hall–Kier alpha value is -2.05. The van der Waals surface area contributed by atoms with Crippen LogP contribution in [0.25, 0.3) is 0 Å². The topological polar surface area (TPSA) is 68.2 Å². The van der Waals surface area contributed by atoms with Crippen molar-refractivity contribution in [2.45, 2.75) is 18.9 Å². The molecule has 1 amide bonds. The summed E-state index contributed by atoms with van der Waals surface area (Å²) in [6, 6.07) is 9.35. The highest BCUT2D eigenvalue weighted by Crippen LogP contribution is 2.18. The first-order valence-corrected chi connectivity index (χ1v) is 7.47. The van der Waals surface area contributed by atoms with Crippen LogP contribution < -0.4 is 15.4 Å². The van der Waals surface area contributed by atoms with E-state index in [2.05, 4.69) is 15.7 Å². The second kappa shape index (κ2) is 7.99. The second-order valence-electron chi connectivity index (χ2n) is 5.37. The van der Waals surface area contributed by atoms with E-state index in [4.69, 9.17) is 4.74 Å². The quantitative estimate of drug-likeness (QED) is 0.900. The number of aromatic nitrogens is 2. The SMILES string of the molecule is COc1cccc(NC(=O)c2ccn(C3CCCNC3)n2)c1.Cl. The van der Waals surface area contributed by atoms with Gasteiger partial charge in [0, 0.05) is 24.5 Å². The number of nitrogens with zero attached hydrogens (tertiary/aromatic N) is 2. The number of rotatable bonds is 4. The van der Waals surface area contributed by atoms with Crippen LogP contribution in [0.2, 0.25) is 0 Å². The summed E-state index contributed by atoms with van der Waals surface area (Å²) in [4.78, 5) is 12.3. The van der Waals surface area contributed by atoms with Gasteiger partial charge in [-0.15, -0.1) is 12.4 Å². The van der Waals surface area contributed by atoms with Crippen molar-refractivity contribution in [1.82, 2.24) is 15.1 Å². The van der Waals surface area contributed by atoms with Gasteiger partial charge in [-0.2, -0.15) is 5.10 Å². The number of methoxy groups -OCH3 is 1. The number of amides is 1. The molecule has 1 aromatic heterocycles. The molecule has 1 aromatic carbocycles. The molecule has 1 fully saturated rings. The number of hydrogen-bond donors (Lipinski definition) is 2. The van der Waals surface area contributed by atoms with E-state index in [1.165, 1.54) is 0 Å². The largest absolute Gasteiger partial charge is 0.497 e. The van der Waals surface area contributed by atoms with E-state index in [1.807, 2.05) is 29.1 Å². The fourth-order valence-electron chi connectivity index (χ4n) is 2.62. The van der Waals surface area contributed by atoms with Crippen LogP contribution >= 0.6 is 12.4 Å².